The van der Waals surface area contributed by atoms with Crippen LogP contribution < -0.4 is 5.73 Å². The minimum absolute atomic E-state index is 0.00820. The van der Waals surface area contributed by atoms with Crippen LogP contribution in [-0.4, -0.2) is 80.6 Å². The lowest BCUT2D eigenvalue weighted by Gasteiger charge is -2.54. The molecule has 6 N–H and O–H groups in total. The number of aliphatic hydroxyl groups excluding tert-OH is 2. The van der Waals surface area contributed by atoms with Crippen molar-refractivity contribution in [1.29, 1.82) is 0 Å². The van der Waals surface area contributed by atoms with Crippen molar-refractivity contribution in [3.8, 4) is 5.75 Å². The highest BCUT2D eigenvalue weighted by Gasteiger charge is 2.69. The van der Waals surface area contributed by atoms with Gasteiger partial charge in [0.15, 0.2) is 11.4 Å². The van der Waals surface area contributed by atoms with Crippen molar-refractivity contribution in [3.63, 3.8) is 0 Å². The molecular weight excluding hydrogens is 532 g/mol. The molecule has 220 valence electrons. The third-order valence-electron chi connectivity index (χ3n) is 9.49. The second-order valence-electron chi connectivity index (χ2n) is 12.0. The number of aliphatic hydroxyl groups is 3. The van der Waals surface area contributed by atoms with Gasteiger partial charge in [0.25, 0.3) is 5.91 Å². The van der Waals surface area contributed by atoms with Gasteiger partial charge in [0.05, 0.1) is 23.4 Å². The summed E-state index contributed by atoms with van der Waals surface area (Å²) in [6.07, 6.45) is 2.45. The van der Waals surface area contributed by atoms with E-state index in [1.165, 1.54) is 25.1 Å². The van der Waals surface area contributed by atoms with E-state index in [1.54, 1.807) is 19.9 Å². The van der Waals surface area contributed by atoms with Crippen LogP contribution in [0.15, 0.2) is 29.0 Å². The maximum atomic E-state index is 14.3. The van der Waals surface area contributed by atoms with Gasteiger partial charge in [-0.1, -0.05) is 32.3 Å². The molecule has 1 amide bonds. The van der Waals surface area contributed by atoms with Crippen molar-refractivity contribution in [3.05, 3.63) is 45.7 Å². The van der Waals surface area contributed by atoms with Gasteiger partial charge in [-0.05, 0) is 57.0 Å². The van der Waals surface area contributed by atoms with Gasteiger partial charge in [-0.15, -0.1) is 0 Å². The minimum atomic E-state index is -2.94. The number of benzene rings is 1. The van der Waals surface area contributed by atoms with Gasteiger partial charge in [0.2, 0.25) is 5.78 Å². The summed E-state index contributed by atoms with van der Waals surface area (Å²) in [4.78, 5) is 55.3. The number of hydrogen-bond donors (Lipinski definition) is 5. The van der Waals surface area contributed by atoms with E-state index in [0.717, 1.165) is 19.3 Å². The van der Waals surface area contributed by atoms with Gasteiger partial charge in [-0.2, -0.15) is 0 Å². The molecule has 4 aliphatic carbocycles. The van der Waals surface area contributed by atoms with E-state index in [0.29, 0.717) is 24.0 Å². The van der Waals surface area contributed by atoms with Gasteiger partial charge < -0.3 is 30.9 Å². The van der Waals surface area contributed by atoms with Crippen LogP contribution in [0.25, 0.3) is 5.76 Å². The molecular formula is C30H36N2O9. The number of likely N-dealkylation sites (N-methyl/N-ethyl adjacent to an activating group) is 1. The first-order valence-electron chi connectivity index (χ1n) is 13.9. The minimum Gasteiger partial charge on any atom is -0.508 e. The molecule has 4 aliphatic rings. The van der Waals surface area contributed by atoms with Gasteiger partial charge >= 0.3 is 5.97 Å². The summed E-state index contributed by atoms with van der Waals surface area (Å²) >= 11 is 0. The highest BCUT2D eigenvalue weighted by molar-refractivity contribution is 6.24. The third kappa shape index (κ3) is 4.00. The van der Waals surface area contributed by atoms with Crippen molar-refractivity contribution >= 4 is 29.2 Å². The summed E-state index contributed by atoms with van der Waals surface area (Å²) in [6.45, 7) is 3.53. The summed E-state index contributed by atoms with van der Waals surface area (Å²) < 4.78 is 6.17. The van der Waals surface area contributed by atoms with Crippen LogP contribution in [0.4, 0.5) is 0 Å². The standard InChI is InChI=1S/C30H36N2O9/c1-12-10-11-15(33)18-16(12)13(2)17-19(23(18)34)26(36)30(40)21(25(17)41-29(39)14-8-6-5-7-9-14)22(32(3)4)24(35)20(27(30)37)28(31)38/h10-11,13-14,17,21-22,25,33-34,37,40H,5-9H2,1-4H3,(H2,31,38)/t13-,17+,21+,22-,25-,30-/m1/s1. The molecule has 41 heavy (non-hydrogen) atoms. The van der Waals surface area contributed by atoms with Gasteiger partial charge in [0, 0.05) is 11.5 Å². The smallest absolute Gasteiger partial charge is 0.309 e. The normalized spacial score (nSPS) is 32.0. The quantitative estimate of drug-likeness (QED) is 0.265. The fraction of sp³-hybridized carbons (Fsp3) is 0.533. The van der Waals surface area contributed by atoms with Crippen LogP contribution in [0.5, 0.6) is 5.75 Å². The van der Waals surface area contributed by atoms with Crippen molar-refractivity contribution < 1.29 is 44.3 Å². The first-order valence-corrected chi connectivity index (χ1v) is 13.9. The lowest BCUT2D eigenvalue weighted by atomic mass is 9.54. The maximum absolute atomic E-state index is 14.3. The second-order valence-corrected chi connectivity index (χ2v) is 12.0. The number of Topliss-reactive ketones (excluding diaryl/α,β-unsaturated/α-hetero) is 2. The highest BCUT2D eigenvalue weighted by atomic mass is 16.5. The van der Waals surface area contributed by atoms with E-state index in [9.17, 15) is 39.6 Å². The number of hydrogen-bond acceptors (Lipinski definition) is 10. The van der Waals surface area contributed by atoms with Crippen LogP contribution in [0.1, 0.15) is 61.6 Å². The number of phenols is 1. The molecule has 2 saturated carbocycles. The second kappa shape index (κ2) is 9.99. The number of aryl methyl sites for hydroxylation is 1. The summed E-state index contributed by atoms with van der Waals surface area (Å²) in [7, 11) is 3.00. The molecule has 1 aromatic rings. The fourth-order valence-electron chi connectivity index (χ4n) is 7.60. The number of nitrogens with zero attached hydrogens (tertiary/aromatic N) is 1. The molecule has 0 heterocycles. The largest absolute Gasteiger partial charge is 0.508 e. The number of carbonyl (C=O) groups excluding carboxylic acids is 4. The molecule has 1 aromatic carbocycles. The summed E-state index contributed by atoms with van der Waals surface area (Å²) in [5.41, 5.74) is 2.40. The molecule has 0 radical (unpaired) electrons. The zero-order valence-electron chi connectivity index (χ0n) is 23.5. The Morgan fingerprint density at radius 1 is 1.07 bits per heavy atom. The van der Waals surface area contributed by atoms with Crippen LogP contribution in [0.3, 0.4) is 0 Å². The number of aromatic hydroxyl groups is 1. The third-order valence-corrected chi connectivity index (χ3v) is 9.49. The van der Waals surface area contributed by atoms with E-state index < -0.39 is 82.0 Å². The Hall–Kier alpha value is -3.70. The number of ketones is 2. The van der Waals surface area contributed by atoms with E-state index in [-0.39, 0.29) is 16.9 Å². The van der Waals surface area contributed by atoms with Crippen molar-refractivity contribution in [2.75, 3.05) is 14.1 Å². The maximum Gasteiger partial charge on any atom is 0.309 e. The number of rotatable bonds is 4. The molecule has 0 aliphatic heterocycles. The van der Waals surface area contributed by atoms with E-state index in [1.807, 2.05) is 0 Å². The predicted octanol–water partition coefficient (Wildman–Crippen LogP) is 1.94. The Morgan fingerprint density at radius 2 is 1.71 bits per heavy atom. The van der Waals surface area contributed by atoms with Crippen molar-refractivity contribution in [1.82, 2.24) is 4.90 Å². The van der Waals surface area contributed by atoms with Gasteiger partial charge in [-0.3, -0.25) is 24.1 Å². The Morgan fingerprint density at radius 3 is 2.29 bits per heavy atom. The first-order chi connectivity index (χ1) is 19.2. The Balaban J connectivity index is 1.81. The predicted molar refractivity (Wildman–Crippen MR) is 146 cm³/mol. The number of nitrogens with two attached hydrogens (primary N) is 1. The number of carbonyl (C=O) groups is 4. The van der Waals surface area contributed by atoms with Gasteiger partial charge in [-0.25, -0.2) is 0 Å². The zero-order chi connectivity index (χ0) is 30.1. The number of phenolic OH excluding ortho intramolecular Hbond substituents is 1. The molecule has 11 nitrogen and oxygen atoms in total. The van der Waals surface area contributed by atoms with Crippen LogP contribution in [0.2, 0.25) is 0 Å². The molecule has 0 saturated heterocycles. The number of esters is 1. The number of fused-ring (bicyclic) bond motifs is 3. The molecule has 0 unspecified atom stereocenters. The number of ether oxygens (including phenoxy) is 1. The first kappa shape index (κ1) is 28.8. The lowest BCUT2D eigenvalue weighted by molar-refractivity contribution is -0.188. The van der Waals surface area contributed by atoms with Crippen LogP contribution >= 0.6 is 0 Å². The van der Waals surface area contributed by atoms with E-state index in [4.69, 9.17) is 10.5 Å². The fourth-order valence-corrected chi connectivity index (χ4v) is 7.60. The molecule has 11 heteroatoms. The molecule has 0 bridgehead atoms. The highest BCUT2D eigenvalue weighted by Crippen LogP contribution is 2.57. The summed E-state index contributed by atoms with van der Waals surface area (Å²) in [5, 5.41) is 45.6. The lowest BCUT2D eigenvalue weighted by Crippen LogP contribution is -2.71. The van der Waals surface area contributed by atoms with Crippen LogP contribution in [-0.2, 0) is 23.9 Å². The van der Waals surface area contributed by atoms with Crippen LogP contribution in [0, 0.1) is 24.7 Å². The molecule has 0 aromatic heterocycles. The van der Waals surface area contributed by atoms with E-state index in [2.05, 4.69) is 0 Å². The molecule has 5 rings (SSSR count). The van der Waals surface area contributed by atoms with Crippen molar-refractivity contribution in [2.45, 2.75) is 69.6 Å². The van der Waals surface area contributed by atoms with Gasteiger partial charge in [0.1, 0.15) is 28.9 Å². The molecule has 6 atom stereocenters. The zero-order valence-corrected chi connectivity index (χ0v) is 23.5. The Kier molecular flexibility index (Phi) is 7.02. The average molecular weight is 569 g/mol. The number of primary amides is 1. The van der Waals surface area contributed by atoms with Crippen molar-refractivity contribution in [2.24, 2.45) is 23.5 Å². The summed E-state index contributed by atoms with van der Waals surface area (Å²) in [5.74, 6) is -9.84. The topological polar surface area (TPSA) is 188 Å². The Bertz CT molecular complexity index is 1420. The summed E-state index contributed by atoms with van der Waals surface area (Å²) in [6, 6.07) is 1.63. The monoisotopic (exact) mass is 568 g/mol. The SMILES string of the molecule is Cc1ccc(O)c2c1[C@@H](C)[C@H]1C(=C2O)C(=O)[C@@]2(O)C(O)=C(C(N)=O)C(=O)[C@H](N(C)C)[C@H]2[C@@H]1OC(=O)C1CCCCC1. The average Bonchev–Trinajstić information content (AvgIpc) is 2.91. The molecule has 0 spiro atoms. The molecule has 2 fully saturated rings. The van der Waals surface area contributed by atoms with E-state index >= 15 is 0 Å². The Labute approximate surface area is 237 Å². The number of amides is 1.